The van der Waals surface area contributed by atoms with Crippen LogP contribution in [0.5, 0.6) is 5.75 Å². The molecule has 4 rings (SSSR count). The van der Waals surface area contributed by atoms with Crippen LogP contribution in [0.2, 0.25) is 0 Å². The Kier molecular flexibility index (Phi) is 7.59. The number of carbonyl (C=O) groups excluding carboxylic acids is 1. The molecule has 0 spiro atoms. The number of nitrogens with two attached hydrogens (primary N) is 1. The second kappa shape index (κ2) is 10.7. The quantitative estimate of drug-likeness (QED) is 0.230. The number of nitrogen functional groups attached to an aromatic ring is 1. The number of benzene rings is 2. The number of aromatic nitrogens is 3. The van der Waals surface area contributed by atoms with Crippen LogP contribution in [0.4, 0.5) is 5.82 Å². The molecule has 0 aliphatic heterocycles. The zero-order chi connectivity index (χ0) is 25.9. The zero-order valence-electron chi connectivity index (χ0n) is 20.6. The van der Waals surface area contributed by atoms with E-state index in [-0.39, 0.29) is 6.10 Å². The summed E-state index contributed by atoms with van der Waals surface area (Å²) in [4.78, 5) is 21.2. The Balaban J connectivity index is 1.60. The van der Waals surface area contributed by atoms with Gasteiger partial charge >= 0.3 is 13.7 Å². The lowest BCUT2D eigenvalue weighted by molar-refractivity contribution is -0.149. The second-order valence-electron chi connectivity index (χ2n) is 8.76. The molecule has 3 atom stereocenters. The monoisotopic (exact) mass is 511 g/mol. The van der Waals surface area contributed by atoms with Crippen molar-refractivity contribution in [2.24, 2.45) is 0 Å². The summed E-state index contributed by atoms with van der Waals surface area (Å²) in [6.45, 7) is 7.08. The van der Waals surface area contributed by atoms with Crippen LogP contribution < -0.4 is 15.3 Å². The molecule has 4 aromatic rings. The molecule has 2 aromatic heterocycles. The Morgan fingerprint density at radius 2 is 1.78 bits per heavy atom. The minimum Gasteiger partial charge on any atom is -0.462 e. The average Bonchev–Trinajstić information content (AvgIpc) is 3.23. The van der Waals surface area contributed by atoms with Gasteiger partial charge in [-0.1, -0.05) is 36.4 Å². The maximum absolute atomic E-state index is 13.8. The molecule has 0 radical (unpaired) electrons. The van der Waals surface area contributed by atoms with Gasteiger partial charge in [0, 0.05) is 5.39 Å². The first-order chi connectivity index (χ1) is 17.1. The van der Waals surface area contributed by atoms with Gasteiger partial charge in [-0.15, -0.1) is 0 Å². The van der Waals surface area contributed by atoms with E-state index in [1.165, 1.54) is 0 Å². The highest BCUT2D eigenvalue weighted by atomic mass is 31.2. The lowest BCUT2D eigenvalue weighted by Gasteiger charge is -2.26. The number of esters is 1. The van der Waals surface area contributed by atoms with Gasteiger partial charge in [0.05, 0.1) is 36.1 Å². The van der Waals surface area contributed by atoms with Crippen LogP contribution in [0.3, 0.4) is 0 Å². The van der Waals surface area contributed by atoms with Crippen molar-refractivity contribution >= 4 is 41.5 Å². The van der Waals surface area contributed by atoms with Crippen molar-refractivity contribution in [3.8, 4) is 5.75 Å². The van der Waals surface area contributed by atoms with Crippen LogP contribution in [0, 0.1) is 0 Å². The molecule has 0 saturated carbocycles. The fourth-order valence-electron chi connectivity index (χ4n) is 3.81. The van der Waals surface area contributed by atoms with Crippen molar-refractivity contribution < 1.29 is 23.1 Å². The van der Waals surface area contributed by atoms with Crippen LogP contribution in [-0.4, -0.2) is 38.8 Å². The molecule has 2 aromatic carbocycles. The number of nitrogens with zero attached hydrogens (tertiary/aromatic N) is 3. The second-order valence-corrected chi connectivity index (χ2v) is 10.4. The smallest absolute Gasteiger partial charge is 0.459 e. The molecule has 0 aliphatic carbocycles. The Morgan fingerprint density at radius 3 is 2.50 bits per heavy atom. The number of fused-ring (bicyclic) bond motifs is 3. The van der Waals surface area contributed by atoms with Gasteiger partial charge in [0.2, 0.25) is 0 Å². The first kappa shape index (κ1) is 25.6. The summed E-state index contributed by atoms with van der Waals surface area (Å²) in [6, 6.07) is 15.3. The molecule has 10 nitrogen and oxygen atoms in total. The lowest BCUT2D eigenvalue weighted by atomic mass is 10.2. The SMILES string of the molecule is CC(C)OC(=O)[C@H](C)NP(=O)(Oc1ccccc1)O[C@H](C)Cn1cnc2c(N)nc3ccccc3c21. The zero-order valence-corrected chi connectivity index (χ0v) is 21.5. The van der Waals surface area contributed by atoms with E-state index in [1.54, 1.807) is 58.3 Å². The van der Waals surface area contributed by atoms with Gasteiger partial charge < -0.3 is 19.6 Å². The highest BCUT2D eigenvalue weighted by molar-refractivity contribution is 7.52. The lowest BCUT2D eigenvalue weighted by Crippen LogP contribution is -2.37. The van der Waals surface area contributed by atoms with Crippen LogP contribution in [0.25, 0.3) is 21.9 Å². The fourth-order valence-corrected chi connectivity index (χ4v) is 5.49. The number of anilines is 1. The summed E-state index contributed by atoms with van der Waals surface area (Å²) in [5.74, 6) is 0.101. The molecule has 36 heavy (non-hydrogen) atoms. The van der Waals surface area contributed by atoms with E-state index < -0.39 is 25.9 Å². The fraction of sp³-hybridized carbons (Fsp3) is 0.320. The van der Waals surface area contributed by atoms with Crippen LogP contribution in [-0.2, 0) is 25.2 Å². The van der Waals surface area contributed by atoms with E-state index in [0.717, 1.165) is 16.4 Å². The highest BCUT2D eigenvalue weighted by Gasteiger charge is 2.34. The molecule has 2 heterocycles. The van der Waals surface area contributed by atoms with Crippen LogP contribution in [0.1, 0.15) is 27.7 Å². The summed E-state index contributed by atoms with van der Waals surface area (Å²) >= 11 is 0. The number of hydrogen-bond acceptors (Lipinski definition) is 8. The van der Waals surface area contributed by atoms with Gasteiger partial charge in [-0.05, 0) is 45.9 Å². The summed E-state index contributed by atoms with van der Waals surface area (Å²) in [7, 11) is -4.01. The minimum atomic E-state index is -4.01. The summed E-state index contributed by atoms with van der Waals surface area (Å²) in [5, 5.41) is 3.60. The number of hydrogen-bond donors (Lipinski definition) is 2. The molecule has 0 aliphatic rings. The standard InChI is InChI=1S/C25H30N5O5P/c1-16(2)33-25(31)18(4)29-36(32,35-19-10-6-5-7-11-19)34-17(3)14-30-15-27-22-23(30)20-12-8-9-13-21(20)28-24(22)26/h5-13,15-18H,14H2,1-4H3,(H2,26,28)(H,29,32)/t17-,18+,36?/m1/s1. The number of ether oxygens (including phenoxy) is 1. The van der Waals surface area contributed by atoms with Crippen molar-refractivity contribution in [1.82, 2.24) is 19.6 Å². The molecule has 1 unspecified atom stereocenters. The largest absolute Gasteiger partial charge is 0.462 e. The van der Waals surface area contributed by atoms with E-state index in [0.29, 0.717) is 23.6 Å². The minimum absolute atomic E-state index is 0.290. The molecule has 190 valence electrons. The molecular formula is C25H30N5O5P. The maximum Gasteiger partial charge on any atom is 0.459 e. The van der Waals surface area contributed by atoms with Gasteiger partial charge in [-0.3, -0.25) is 9.32 Å². The molecule has 3 N–H and O–H groups in total. The Hall–Kier alpha value is -3.46. The first-order valence-electron chi connectivity index (χ1n) is 11.7. The van der Waals surface area contributed by atoms with Crippen molar-refractivity contribution in [2.45, 2.75) is 52.5 Å². The van der Waals surface area contributed by atoms with Crippen molar-refractivity contribution in [3.63, 3.8) is 0 Å². The molecule has 0 fully saturated rings. The molecular weight excluding hydrogens is 481 g/mol. The number of nitrogens with one attached hydrogen (secondary N) is 1. The molecule has 11 heteroatoms. The number of imidazole rings is 1. The van der Waals surface area contributed by atoms with Gasteiger partial charge in [0.1, 0.15) is 17.3 Å². The van der Waals surface area contributed by atoms with Gasteiger partial charge in [-0.25, -0.2) is 14.5 Å². The van der Waals surface area contributed by atoms with Gasteiger partial charge in [0.25, 0.3) is 0 Å². The van der Waals surface area contributed by atoms with Crippen LogP contribution in [0.15, 0.2) is 60.9 Å². The normalized spacial score (nSPS) is 15.0. The third kappa shape index (κ3) is 5.84. The van der Waals surface area contributed by atoms with Gasteiger partial charge in [-0.2, -0.15) is 5.09 Å². The third-order valence-electron chi connectivity index (χ3n) is 5.28. The van der Waals surface area contributed by atoms with E-state index >= 15 is 0 Å². The maximum atomic E-state index is 13.8. The molecule has 0 saturated heterocycles. The topological polar surface area (TPSA) is 131 Å². The van der Waals surface area contributed by atoms with Crippen molar-refractivity contribution in [2.75, 3.05) is 5.73 Å². The Bertz CT molecular complexity index is 1410. The van der Waals surface area contributed by atoms with Crippen LogP contribution >= 0.6 is 7.75 Å². The number of para-hydroxylation sites is 2. The highest BCUT2D eigenvalue weighted by Crippen LogP contribution is 2.46. The number of pyridine rings is 1. The Labute approximate surface area is 209 Å². The Morgan fingerprint density at radius 1 is 1.08 bits per heavy atom. The van der Waals surface area contributed by atoms with E-state index in [2.05, 4.69) is 15.1 Å². The first-order valence-corrected chi connectivity index (χ1v) is 13.2. The van der Waals surface area contributed by atoms with E-state index in [9.17, 15) is 9.36 Å². The summed E-state index contributed by atoms with van der Waals surface area (Å²) < 4.78 is 32.7. The summed E-state index contributed by atoms with van der Waals surface area (Å²) in [5.41, 5.74) is 8.26. The van der Waals surface area contributed by atoms with E-state index in [1.807, 2.05) is 34.9 Å². The van der Waals surface area contributed by atoms with Crippen molar-refractivity contribution in [3.05, 3.63) is 60.9 Å². The third-order valence-corrected chi connectivity index (χ3v) is 7.07. The molecule has 0 amide bonds. The average molecular weight is 512 g/mol. The predicted molar refractivity (Wildman–Crippen MR) is 138 cm³/mol. The number of rotatable bonds is 10. The number of carbonyl (C=O) groups is 1. The van der Waals surface area contributed by atoms with Crippen molar-refractivity contribution in [1.29, 1.82) is 0 Å². The predicted octanol–water partition coefficient (Wildman–Crippen LogP) is 4.69. The molecule has 0 bridgehead atoms. The summed E-state index contributed by atoms with van der Waals surface area (Å²) in [6.07, 6.45) is 0.724. The van der Waals surface area contributed by atoms with Gasteiger partial charge in [0.15, 0.2) is 5.82 Å². The van der Waals surface area contributed by atoms with E-state index in [4.69, 9.17) is 19.5 Å².